The van der Waals surface area contributed by atoms with Crippen molar-refractivity contribution in [3.8, 4) is 11.5 Å². The van der Waals surface area contributed by atoms with Gasteiger partial charge in [-0.3, -0.25) is 14.4 Å². The fraction of sp³-hybridized carbons (Fsp3) is 0.143. The maximum Gasteiger partial charge on any atom is 0.272 e. The van der Waals surface area contributed by atoms with Crippen LogP contribution in [-0.4, -0.2) is 41.7 Å². The van der Waals surface area contributed by atoms with Gasteiger partial charge in [-0.1, -0.05) is 41.7 Å². The van der Waals surface area contributed by atoms with Gasteiger partial charge in [-0.2, -0.15) is 0 Å². The molecule has 46 heavy (non-hydrogen) atoms. The summed E-state index contributed by atoms with van der Waals surface area (Å²) < 4.78 is 11.7. The van der Waals surface area contributed by atoms with Crippen molar-refractivity contribution in [1.82, 2.24) is 10.3 Å². The van der Waals surface area contributed by atoms with E-state index in [9.17, 15) is 14.4 Å². The minimum atomic E-state index is -0.488. The van der Waals surface area contributed by atoms with Crippen LogP contribution in [0.3, 0.4) is 0 Å². The molecule has 11 heteroatoms. The van der Waals surface area contributed by atoms with Crippen molar-refractivity contribution in [3.05, 3.63) is 114 Å². The molecule has 0 bridgehead atoms. The van der Waals surface area contributed by atoms with E-state index in [1.165, 1.54) is 23.1 Å². The first-order valence-corrected chi connectivity index (χ1v) is 16.2. The van der Waals surface area contributed by atoms with Gasteiger partial charge in [-0.05, 0) is 92.2 Å². The molecule has 1 aromatic heterocycles. The highest BCUT2D eigenvalue weighted by atomic mass is 32.2. The minimum Gasteiger partial charge on any atom is -0.497 e. The third-order valence-electron chi connectivity index (χ3n) is 6.65. The lowest BCUT2D eigenvalue weighted by Gasteiger charge is -2.13. The molecule has 0 saturated heterocycles. The number of amides is 3. The fourth-order valence-electron chi connectivity index (χ4n) is 4.30. The standard InChI is InChI=1S/C35H32N4O5S2/c1-4-44-27-16-19-29-31(21-27)46-35(38-29)39-32(40)22(2)45-28-17-12-25(13-18-28)36-34(42)30(20-23-10-14-26(43-3)15-11-23)37-33(41)24-8-6-5-7-9-24/h5-22H,4H2,1-3H3,(H,36,42)(H,37,41)(H,38,39,40)/b30-20-. The number of hydrogen-bond donors (Lipinski definition) is 3. The Kier molecular flexibility index (Phi) is 10.7. The summed E-state index contributed by atoms with van der Waals surface area (Å²) >= 11 is 2.78. The van der Waals surface area contributed by atoms with Crippen LogP contribution in [0.2, 0.25) is 0 Å². The van der Waals surface area contributed by atoms with Crippen LogP contribution in [-0.2, 0) is 9.59 Å². The fourth-order valence-corrected chi connectivity index (χ4v) is 6.07. The van der Waals surface area contributed by atoms with Gasteiger partial charge in [0.1, 0.15) is 17.2 Å². The van der Waals surface area contributed by atoms with Crippen molar-refractivity contribution in [2.75, 3.05) is 24.4 Å². The van der Waals surface area contributed by atoms with E-state index in [1.807, 2.05) is 50.2 Å². The Labute approximate surface area is 275 Å². The van der Waals surface area contributed by atoms with E-state index in [0.717, 1.165) is 20.9 Å². The number of fused-ring (bicyclic) bond motifs is 1. The molecule has 0 aliphatic heterocycles. The number of carbonyl (C=O) groups is 3. The number of rotatable bonds is 12. The SMILES string of the molecule is CCOc1ccc2nc(NC(=O)C(C)Sc3ccc(NC(=O)/C(=C/c4ccc(OC)cc4)NC(=O)c4ccccc4)cc3)sc2c1. The number of ether oxygens (including phenoxy) is 2. The lowest BCUT2D eigenvalue weighted by Crippen LogP contribution is -2.30. The third-order valence-corrected chi connectivity index (χ3v) is 8.70. The van der Waals surface area contributed by atoms with Crippen LogP contribution >= 0.6 is 23.1 Å². The summed E-state index contributed by atoms with van der Waals surface area (Å²) in [4.78, 5) is 44.6. The van der Waals surface area contributed by atoms with Crippen molar-refractivity contribution in [1.29, 1.82) is 0 Å². The van der Waals surface area contributed by atoms with Gasteiger partial charge in [-0.25, -0.2) is 4.98 Å². The third kappa shape index (κ3) is 8.52. The molecular formula is C35H32N4O5S2. The molecule has 3 amide bonds. The zero-order valence-electron chi connectivity index (χ0n) is 25.4. The Bertz CT molecular complexity index is 1860. The zero-order valence-corrected chi connectivity index (χ0v) is 27.0. The first-order chi connectivity index (χ1) is 22.3. The van der Waals surface area contributed by atoms with E-state index in [0.29, 0.717) is 34.3 Å². The first kappa shape index (κ1) is 32.3. The quantitative estimate of drug-likeness (QED) is 0.0961. The molecule has 3 N–H and O–H groups in total. The summed E-state index contributed by atoms with van der Waals surface area (Å²) in [7, 11) is 1.58. The van der Waals surface area contributed by atoms with Crippen LogP contribution < -0.4 is 25.4 Å². The molecule has 1 heterocycles. The maximum absolute atomic E-state index is 13.4. The molecule has 0 fully saturated rings. The highest BCUT2D eigenvalue weighted by Gasteiger charge is 2.18. The van der Waals surface area contributed by atoms with Crippen LogP contribution in [0.25, 0.3) is 16.3 Å². The van der Waals surface area contributed by atoms with Gasteiger partial charge in [0.25, 0.3) is 11.8 Å². The van der Waals surface area contributed by atoms with Gasteiger partial charge in [-0.15, -0.1) is 11.8 Å². The number of aromatic nitrogens is 1. The zero-order chi connectivity index (χ0) is 32.5. The van der Waals surface area contributed by atoms with Crippen molar-refractivity contribution < 1.29 is 23.9 Å². The van der Waals surface area contributed by atoms with E-state index >= 15 is 0 Å². The highest BCUT2D eigenvalue weighted by Crippen LogP contribution is 2.31. The predicted molar refractivity (Wildman–Crippen MR) is 185 cm³/mol. The van der Waals surface area contributed by atoms with Gasteiger partial charge in [0.05, 0.1) is 29.2 Å². The number of hydrogen-bond acceptors (Lipinski definition) is 8. The van der Waals surface area contributed by atoms with E-state index in [1.54, 1.807) is 73.8 Å². The summed E-state index contributed by atoms with van der Waals surface area (Å²) in [5.74, 6) is 0.373. The van der Waals surface area contributed by atoms with Crippen LogP contribution in [0.15, 0.2) is 108 Å². The topological polar surface area (TPSA) is 119 Å². The Hall–Kier alpha value is -5.13. The summed E-state index contributed by atoms with van der Waals surface area (Å²) in [6.07, 6.45) is 1.60. The smallest absolute Gasteiger partial charge is 0.272 e. The lowest BCUT2D eigenvalue weighted by molar-refractivity contribution is -0.115. The van der Waals surface area contributed by atoms with Crippen molar-refractivity contribution in [2.24, 2.45) is 0 Å². The number of thiazole rings is 1. The van der Waals surface area contributed by atoms with Gasteiger partial charge in [0.2, 0.25) is 5.91 Å². The van der Waals surface area contributed by atoms with Gasteiger partial charge in [0.15, 0.2) is 5.13 Å². The maximum atomic E-state index is 13.4. The molecule has 0 radical (unpaired) electrons. The Balaban J connectivity index is 1.22. The van der Waals surface area contributed by atoms with Crippen LogP contribution in [0.1, 0.15) is 29.8 Å². The molecule has 1 unspecified atom stereocenters. The molecule has 5 aromatic rings. The van der Waals surface area contributed by atoms with Crippen LogP contribution in [0.4, 0.5) is 10.8 Å². The number of carbonyl (C=O) groups excluding carboxylic acids is 3. The number of anilines is 2. The van der Waals surface area contributed by atoms with Crippen LogP contribution in [0.5, 0.6) is 11.5 Å². The molecule has 0 aliphatic rings. The minimum absolute atomic E-state index is 0.0757. The van der Waals surface area contributed by atoms with E-state index in [4.69, 9.17) is 9.47 Å². The number of methoxy groups -OCH3 is 1. The molecule has 0 spiro atoms. The van der Waals surface area contributed by atoms with E-state index < -0.39 is 17.1 Å². The average molecular weight is 653 g/mol. The number of thioether (sulfide) groups is 1. The normalized spacial score (nSPS) is 11.8. The number of nitrogens with zero attached hydrogens (tertiary/aromatic N) is 1. The highest BCUT2D eigenvalue weighted by molar-refractivity contribution is 8.00. The molecule has 4 aromatic carbocycles. The van der Waals surface area contributed by atoms with E-state index in [2.05, 4.69) is 20.9 Å². The molecular weight excluding hydrogens is 621 g/mol. The number of nitrogens with one attached hydrogen (secondary N) is 3. The second kappa shape index (κ2) is 15.2. The van der Waals surface area contributed by atoms with Crippen molar-refractivity contribution >= 4 is 67.9 Å². The summed E-state index contributed by atoms with van der Waals surface area (Å²) in [6, 6.07) is 28.6. The summed E-state index contributed by atoms with van der Waals surface area (Å²) in [5, 5.41) is 8.62. The Morgan fingerprint density at radius 1 is 0.913 bits per heavy atom. The lowest BCUT2D eigenvalue weighted by atomic mass is 10.1. The largest absolute Gasteiger partial charge is 0.497 e. The second-order valence-corrected chi connectivity index (χ2v) is 12.4. The van der Waals surface area contributed by atoms with E-state index in [-0.39, 0.29) is 11.6 Å². The predicted octanol–water partition coefficient (Wildman–Crippen LogP) is 7.23. The second-order valence-electron chi connectivity index (χ2n) is 9.96. The van der Waals surface area contributed by atoms with Gasteiger partial charge >= 0.3 is 0 Å². The summed E-state index contributed by atoms with van der Waals surface area (Å²) in [6.45, 7) is 4.33. The number of benzene rings is 4. The van der Waals surface area contributed by atoms with Crippen molar-refractivity contribution in [3.63, 3.8) is 0 Å². The van der Waals surface area contributed by atoms with Crippen LogP contribution in [0, 0.1) is 0 Å². The molecule has 0 saturated carbocycles. The molecule has 9 nitrogen and oxygen atoms in total. The van der Waals surface area contributed by atoms with Gasteiger partial charge < -0.3 is 25.4 Å². The molecule has 5 rings (SSSR count). The average Bonchev–Trinajstić information content (AvgIpc) is 3.47. The molecule has 1 atom stereocenters. The Morgan fingerprint density at radius 3 is 2.33 bits per heavy atom. The van der Waals surface area contributed by atoms with Crippen molar-refractivity contribution in [2.45, 2.75) is 24.0 Å². The summed E-state index contributed by atoms with van der Waals surface area (Å²) in [5.41, 5.74) is 2.53. The first-order valence-electron chi connectivity index (χ1n) is 14.5. The monoisotopic (exact) mass is 652 g/mol. The Morgan fingerprint density at radius 2 is 1.63 bits per heavy atom. The van der Waals surface area contributed by atoms with Gasteiger partial charge in [0, 0.05) is 16.1 Å². The molecule has 0 aliphatic carbocycles. The molecule has 234 valence electrons.